The number of carbonyl (C=O) groups is 1. The van der Waals surface area contributed by atoms with Crippen LogP contribution in [0.2, 0.25) is 0 Å². The van der Waals surface area contributed by atoms with E-state index in [4.69, 9.17) is 0 Å². The first-order valence-corrected chi connectivity index (χ1v) is 4.65. The molecule has 0 aromatic heterocycles. The molecule has 0 fully saturated rings. The van der Waals surface area contributed by atoms with Crippen LogP contribution in [0.4, 0.5) is 0 Å². The normalized spacial score (nSPS) is 13.4. The van der Waals surface area contributed by atoms with Gasteiger partial charge in [0.15, 0.2) is 0 Å². The number of hydrogen-bond acceptors (Lipinski definition) is 3. The Morgan fingerprint density at radius 3 is 2.36 bits per heavy atom. The fourth-order valence-electron chi connectivity index (χ4n) is 0.760. The van der Waals surface area contributed by atoms with E-state index in [9.17, 15) is 4.79 Å². The molecule has 0 spiro atoms. The number of carbonyl (C=O) groups excluding carboxylic acids is 1. The van der Waals surface area contributed by atoms with Crippen molar-refractivity contribution in [3.8, 4) is 0 Å². The van der Waals surface area contributed by atoms with Crippen LogP contribution in [0.5, 0.6) is 0 Å². The van der Waals surface area contributed by atoms with E-state index in [1.54, 1.807) is 7.05 Å². The number of amides is 1. The maximum atomic E-state index is 11.5. The standard InChI is InChI=1S/C10H19N3O/c1-6-8(13-11-5)7-12-9(14)10(2,3)4/h6H,7H2,1-5H3,(H,12,14)/b8-6-,13-11?. The molecule has 0 heterocycles. The molecule has 4 heteroatoms. The highest BCUT2D eigenvalue weighted by atomic mass is 16.2. The van der Waals surface area contributed by atoms with Crippen molar-refractivity contribution in [1.82, 2.24) is 5.32 Å². The monoisotopic (exact) mass is 197 g/mol. The first-order chi connectivity index (χ1) is 6.41. The summed E-state index contributed by atoms with van der Waals surface area (Å²) in [5.74, 6) is 0.0168. The average Bonchev–Trinajstić information content (AvgIpc) is 2.10. The highest BCUT2D eigenvalue weighted by Gasteiger charge is 2.20. The van der Waals surface area contributed by atoms with Crippen molar-refractivity contribution < 1.29 is 4.79 Å². The summed E-state index contributed by atoms with van der Waals surface area (Å²) < 4.78 is 0. The Kier molecular flexibility index (Phi) is 5.05. The summed E-state index contributed by atoms with van der Waals surface area (Å²) in [5.41, 5.74) is 0.410. The van der Waals surface area contributed by atoms with E-state index in [0.29, 0.717) is 6.54 Å². The smallest absolute Gasteiger partial charge is 0.225 e. The lowest BCUT2D eigenvalue weighted by atomic mass is 9.96. The number of hydrogen-bond donors (Lipinski definition) is 1. The van der Waals surface area contributed by atoms with Gasteiger partial charge in [-0.25, -0.2) is 0 Å². The fraction of sp³-hybridized carbons (Fsp3) is 0.700. The van der Waals surface area contributed by atoms with Gasteiger partial charge in [0.1, 0.15) is 0 Å². The predicted octanol–water partition coefficient (Wildman–Crippen LogP) is 2.13. The zero-order valence-electron chi connectivity index (χ0n) is 9.59. The van der Waals surface area contributed by atoms with Crippen LogP contribution in [-0.4, -0.2) is 19.5 Å². The molecule has 1 N–H and O–H groups in total. The molecule has 0 saturated heterocycles. The Labute approximate surface area is 85.5 Å². The Hall–Kier alpha value is -1.19. The van der Waals surface area contributed by atoms with Gasteiger partial charge in [0.25, 0.3) is 0 Å². The van der Waals surface area contributed by atoms with Crippen molar-refractivity contribution >= 4 is 5.91 Å². The molecule has 4 nitrogen and oxygen atoms in total. The van der Waals surface area contributed by atoms with Gasteiger partial charge in [0.05, 0.1) is 12.2 Å². The number of rotatable bonds is 3. The second-order valence-corrected chi connectivity index (χ2v) is 4.01. The first-order valence-electron chi connectivity index (χ1n) is 4.65. The molecule has 0 aromatic rings. The Morgan fingerprint density at radius 1 is 1.43 bits per heavy atom. The summed E-state index contributed by atoms with van der Waals surface area (Å²) in [6.07, 6.45) is 1.83. The molecule has 80 valence electrons. The van der Waals surface area contributed by atoms with Gasteiger partial charge in [0, 0.05) is 12.5 Å². The average molecular weight is 197 g/mol. The second-order valence-electron chi connectivity index (χ2n) is 4.01. The van der Waals surface area contributed by atoms with E-state index < -0.39 is 0 Å². The van der Waals surface area contributed by atoms with E-state index >= 15 is 0 Å². The second kappa shape index (κ2) is 5.52. The molecular weight excluding hydrogens is 178 g/mol. The zero-order valence-corrected chi connectivity index (χ0v) is 9.59. The maximum Gasteiger partial charge on any atom is 0.225 e. The molecule has 0 aliphatic carbocycles. The third-order valence-corrected chi connectivity index (χ3v) is 1.67. The van der Waals surface area contributed by atoms with Gasteiger partial charge >= 0.3 is 0 Å². The molecule has 0 aromatic carbocycles. The van der Waals surface area contributed by atoms with Crippen LogP contribution in [0.25, 0.3) is 0 Å². The molecule has 0 rings (SSSR count). The van der Waals surface area contributed by atoms with Crippen LogP contribution in [0, 0.1) is 5.41 Å². The molecule has 0 radical (unpaired) electrons. The van der Waals surface area contributed by atoms with Crippen molar-refractivity contribution in [2.45, 2.75) is 27.7 Å². The summed E-state index contributed by atoms with van der Waals surface area (Å²) in [7, 11) is 1.61. The molecular formula is C10H19N3O. The highest BCUT2D eigenvalue weighted by molar-refractivity contribution is 5.81. The Morgan fingerprint density at radius 2 is 2.00 bits per heavy atom. The SMILES string of the molecule is C/C=C(/CNC(=O)C(C)(C)C)N=NC. The topological polar surface area (TPSA) is 53.8 Å². The van der Waals surface area contributed by atoms with Crippen LogP contribution in [-0.2, 0) is 4.79 Å². The van der Waals surface area contributed by atoms with Gasteiger partial charge in [0.2, 0.25) is 5.91 Å². The third kappa shape index (κ3) is 4.74. The lowest BCUT2D eigenvalue weighted by molar-refractivity contribution is -0.128. The number of allylic oxidation sites excluding steroid dienone is 1. The van der Waals surface area contributed by atoms with E-state index in [0.717, 1.165) is 5.70 Å². The van der Waals surface area contributed by atoms with E-state index in [1.165, 1.54) is 0 Å². The van der Waals surface area contributed by atoms with Gasteiger partial charge in [-0.15, -0.1) is 0 Å². The summed E-state index contributed by atoms with van der Waals surface area (Å²) in [6, 6.07) is 0. The molecule has 0 aliphatic heterocycles. The van der Waals surface area contributed by atoms with E-state index in [2.05, 4.69) is 15.5 Å². The Bertz CT molecular complexity index is 249. The third-order valence-electron chi connectivity index (χ3n) is 1.67. The summed E-state index contributed by atoms with van der Waals surface area (Å²) in [6.45, 7) is 7.92. The van der Waals surface area contributed by atoms with Crippen LogP contribution in [0.3, 0.4) is 0 Å². The first kappa shape index (κ1) is 12.8. The molecule has 0 atom stereocenters. The van der Waals surface area contributed by atoms with Crippen LogP contribution < -0.4 is 5.32 Å². The molecule has 0 unspecified atom stereocenters. The lowest BCUT2D eigenvalue weighted by Crippen LogP contribution is -2.35. The van der Waals surface area contributed by atoms with Crippen molar-refractivity contribution in [2.24, 2.45) is 15.6 Å². The Balaban J connectivity index is 4.13. The molecule has 0 saturated carbocycles. The van der Waals surface area contributed by atoms with Gasteiger partial charge in [-0.3, -0.25) is 4.79 Å². The van der Waals surface area contributed by atoms with Gasteiger partial charge in [-0.1, -0.05) is 26.8 Å². The molecule has 14 heavy (non-hydrogen) atoms. The largest absolute Gasteiger partial charge is 0.350 e. The minimum absolute atomic E-state index is 0.0168. The number of nitrogens with zero attached hydrogens (tertiary/aromatic N) is 2. The van der Waals surface area contributed by atoms with Crippen molar-refractivity contribution in [3.63, 3.8) is 0 Å². The van der Waals surface area contributed by atoms with Gasteiger partial charge in [-0.2, -0.15) is 10.2 Å². The summed E-state index contributed by atoms with van der Waals surface area (Å²) in [5, 5.41) is 10.3. The van der Waals surface area contributed by atoms with Crippen LogP contribution in [0.1, 0.15) is 27.7 Å². The molecule has 1 amide bonds. The van der Waals surface area contributed by atoms with Crippen molar-refractivity contribution in [2.75, 3.05) is 13.6 Å². The van der Waals surface area contributed by atoms with E-state index in [1.807, 2.05) is 33.8 Å². The quantitative estimate of drug-likeness (QED) is 0.692. The van der Waals surface area contributed by atoms with E-state index in [-0.39, 0.29) is 11.3 Å². The minimum atomic E-state index is -0.359. The summed E-state index contributed by atoms with van der Waals surface area (Å²) >= 11 is 0. The number of nitrogens with one attached hydrogen (secondary N) is 1. The van der Waals surface area contributed by atoms with Crippen LogP contribution >= 0.6 is 0 Å². The molecule has 0 bridgehead atoms. The summed E-state index contributed by atoms with van der Waals surface area (Å²) in [4.78, 5) is 11.5. The predicted molar refractivity (Wildman–Crippen MR) is 57.0 cm³/mol. The highest BCUT2D eigenvalue weighted by Crippen LogP contribution is 2.12. The van der Waals surface area contributed by atoms with Crippen molar-refractivity contribution in [1.29, 1.82) is 0 Å². The maximum absolute atomic E-state index is 11.5. The molecule has 0 aliphatic rings. The fourth-order valence-corrected chi connectivity index (χ4v) is 0.760. The van der Waals surface area contributed by atoms with Gasteiger partial charge < -0.3 is 5.32 Å². The number of azo groups is 1. The minimum Gasteiger partial charge on any atom is -0.350 e. The van der Waals surface area contributed by atoms with Gasteiger partial charge in [-0.05, 0) is 6.92 Å². The van der Waals surface area contributed by atoms with Crippen molar-refractivity contribution in [3.05, 3.63) is 11.8 Å². The van der Waals surface area contributed by atoms with Crippen LogP contribution in [0.15, 0.2) is 22.0 Å². The lowest BCUT2D eigenvalue weighted by Gasteiger charge is -2.17. The zero-order chi connectivity index (χ0) is 11.2.